The zero-order chi connectivity index (χ0) is 15.5. The number of halogens is 1. The van der Waals surface area contributed by atoms with E-state index in [-0.39, 0.29) is 5.91 Å². The molecule has 0 atom stereocenters. The van der Waals surface area contributed by atoms with Crippen molar-refractivity contribution in [3.05, 3.63) is 58.8 Å². The van der Waals surface area contributed by atoms with Crippen LogP contribution in [0.25, 0.3) is 10.6 Å². The molecule has 0 bridgehead atoms. The second-order valence-electron chi connectivity index (χ2n) is 4.50. The van der Waals surface area contributed by atoms with E-state index in [4.69, 9.17) is 0 Å². The summed E-state index contributed by atoms with van der Waals surface area (Å²) in [6.07, 6.45) is 3.17. The van der Waals surface area contributed by atoms with E-state index in [1.54, 1.807) is 25.4 Å². The van der Waals surface area contributed by atoms with Gasteiger partial charge in [-0.15, -0.1) is 10.2 Å². The van der Waals surface area contributed by atoms with Crippen LogP contribution in [0.1, 0.15) is 10.4 Å². The number of aromatic nitrogens is 3. The fourth-order valence-electron chi connectivity index (χ4n) is 1.83. The fourth-order valence-corrected chi connectivity index (χ4v) is 2.90. The third kappa shape index (κ3) is 3.05. The van der Waals surface area contributed by atoms with Gasteiger partial charge >= 0.3 is 0 Å². The van der Waals surface area contributed by atoms with Gasteiger partial charge in [-0.3, -0.25) is 14.7 Å². The van der Waals surface area contributed by atoms with E-state index in [1.165, 1.54) is 22.4 Å². The maximum Gasteiger partial charge on any atom is 0.261 e. The summed E-state index contributed by atoms with van der Waals surface area (Å²) in [6, 6.07) is 11.3. The van der Waals surface area contributed by atoms with E-state index in [9.17, 15) is 4.79 Å². The number of carbonyl (C=O) groups is 1. The van der Waals surface area contributed by atoms with E-state index in [2.05, 4.69) is 31.1 Å². The van der Waals surface area contributed by atoms with Crippen LogP contribution in [0.3, 0.4) is 0 Å². The Kier molecular flexibility index (Phi) is 4.26. The molecule has 0 aliphatic rings. The average molecular weight is 375 g/mol. The van der Waals surface area contributed by atoms with E-state index in [0.29, 0.717) is 10.7 Å². The third-order valence-corrected chi connectivity index (χ3v) is 4.58. The Labute approximate surface area is 139 Å². The topological polar surface area (TPSA) is 59.0 Å². The lowest BCUT2D eigenvalue weighted by molar-refractivity contribution is 0.0992. The van der Waals surface area contributed by atoms with Crippen LogP contribution < -0.4 is 4.90 Å². The number of rotatable bonds is 3. The summed E-state index contributed by atoms with van der Waals surface area (Å²) in [6.45, 7) is 0. The van der Waals surface area contributed by atoms with Crippen molar-refractivity contribution >= 4 is 38.3 Å². The molecule has 2 heterocycles. The van der Waals surface area contributed by atoms with Crippen molar-refractivity contribution in [1.29, 1.82) is 0 Å². The molecule has 0 saturated heterocycles. The molecule has 0 aliphatic heterocycles. The summed E-state index contributed by atoms with van der Waals surface area (Å²) >= 11 is 4.77. The Bertz CT molecular complexity index is 789. The van der Waals surface area contributed by atoms with E-state index in [1.807, 2.05) is 24.3 Å². The highest BCUT2D eigenvalue weighted by Gasteiger charge is 2.18. The summed E-state index contributed by atoms with van der Waals surface area (Å²) in [7, 11) is 1.68. The lowest BCUT2D eigenvalue weighted by atomic mass is 10.2. The molecule has 2 aromatic heterocycles. The largest absolute Gasteiger partial charge is 0.286 e. The van der Waals surface area contributed by atoms with Crippen molar-refractivity contribution in [3.8, 4) is 10.6 Å². The first-order chi connectivity index (χ1) is 10.6. The predicted octanol–water partition coefficient (Wildman–Crippen LogP) is 3.64. The van der Waals surface area contributed by atoms with Crippen molar-refractivity contribution in [2.45, 2.75) is 0 Å². The zero-order valence-electron chi connectivity index (χ0n) is 11.6. The minimum atomic E-state index is -0.161. The van der Waals surface area contributed by atoms with Gasteiger partial charge in [0.1, 0.15) is 5.01 Å². The molecule has 7 heteroatoms. The molecule has 0 N–H and O–H groups in total. The molecule has 0 saturated carbocycles. The first-order valence-electron chi connectivity index (χ1n) is 6.42. The van der Waals surface area contributed by atoms with Gasteiger partial charge in [-0.25, -0.2) is 0 Å². The highest BCUT2D eigenvalue weighted by atomic mass is 79.9. The molecule has 0 aliphatic carbocycles. The van der Waals surface area contributed by atoms with Gasteiger partial charge in [0.2, 0.25) is 5.13 Å². The molecule has 110 valence electrons. The number of hydrogen-bond donors (Lipinski definition) is 0. The van der Waals surface area contributed by atoms with Crippen LogP contribution >= 0.6 is 27.3 Å². The smallest absolute Gasteiger partial charge is 0.261 e. The predicted molar refractivity (Wildman–Crippen MR) is 90.0 cm³/mol. The second-order valence-corrected chi connectivity index (χ2v) is 6.37. The van der Waals surface area contributed by atoms with E-state index >= 15 is 0 Å². The molecule has 3 aromatic rings. The molecule has 3 rings (SSSR count). The lowest BCUT2D eigenvalue weighted by Crippen LogP contribution is -2.26. The number of nitrogens with zero attached hydrogens (tertiary/aromatic N) is 4. The second kappa shape index (κ2) is 6.33. The minimum Gasteiger partial charge on any atom is -0.286 e. The van der Waals surface area contributed by atoms with Crippen LogP contribution in [0.2, 0.25) is 0 Å². The highest BCUT2D eigenvalue weighted by Crippen LogP contribution is 2.29. The van der Waals surface area contributed by atoms with Gasteiger partial charge in [0.15, 0.2) is 0 Å². The van der Waals surface area contributed by atoms with Gasteiger partial charge in [-0.05, 0) is 24.3 Å². The Morgan fingerprint density at radius 1 is 1.18 bits per heavy atom. The number of anilines is 1. The van der Waals surface area contributed by atoms with Crippen LogP contribution in [0.4, 0.5) is 5.13 Å². The first-order valence-corrected chi connectivity index (χ1v) is 8.03. The molecule has 5 nitrogen and oxygen atoms in total. The van der Waals surface area contributed by atoms with Crippen LogP contribution in [0, 0.1) is 0 Å². The van der Waals surface area contributed by atoms with Crippen molar-refractivity contribution in [2.75, 3.05) is 11.9 Å². The zero-order valence-corrected chi connectivity index (χ0v) is 14.0. The summed E-state index contributed by atoms with van der Waals surface area (Å²) in [5.41, 5.74) is 1.49. The molecular formula is C15H11BrN4OS. The van der Waals surface area contributed by atoms with Gasteiger partial charge in [-0.2, -0.15) is 0 Å². The van der Waals surface area contributed by atoms with Gasteiger partial charge in [-0.1, -0.05) is 39.4 Å². The van der Waals surface area contributed by atoms with Gasteiger partial charge in [0.25, 0.3) is 5.91 Å². The Hall–Kier alpha value is -2.12. The number of benzene rings is 1. The van der Waals surface area contributed by atoms with Gasteiger partial charge in [0, 0.05) is 29.5 Å². The number of amides is 1. The van der Waals surface area contributed by atoms with Gasteiger partial charge < -0.3 is 0 Å². The lowest BCUT2D eigenvalue weighted by Gasteiger charge is -2.12. The molecular weight excluding hydrogens is 364 g/mol. The van der Waals surface area contributed by atoms with E-state index < -0.39 is 0 Å². The standard InChI is InChI=1S/C15H11BrN4OS/c1-20(14(21)11-3-2-8-17-9-11)15-19-18-13(22-15)10-4-6-12(16)7-5-10/h2-9H,1H3. The van der Waals surface area contributed by atoms with Crippen molar-refractivity contribution in [2.24, 2.45) is 0 Å². The summed E-state index contributed by atoms with van der Waals surface area (Å²) in [4.78, 5) is 17.8. The van der Waals surface area contributed by atoms with Crippen LogP contribution in [0.5, 0.6) is 0 Å². The average Bonchev–Trinajstić information content (AvgIpc) is 3.05. The first kappa shape index (κ1) is 14.8. The van der Waals surface area contributed by atoms with Crippen molar-refractivity contribution in [1.82, 2.24) is 15.2 Å². The molecule has 22 heavy (non-hydrogen) atoms. The molecule has 0 unspecified atom stereocenters. The minimum absolute atomic E-state index is 0.161. The summed E-state index contributed by atoms with van der Waals surface area (Å²) in [5.74, 6) is -0.161. The molecule has 1 amide bonds. The Morgan fingerprint density at radius 2 is 1.95 bits per heavy atom. The van der Waals surface area contributed by atoms with Crippen molar-refractivity contribution < 1.29 is 4.79 Å². The normalized spacial score (nSPS) is 10.5. The Morgan fingerprint density at radius 3 is 2.64 bits per heavy atom. The third-order valence-electron chi connectivity index (χ3n) is 3.01. The number of pyridine rings is 1. The quantitative estimate of drug-likeness (QED) is 0.701. The van der Waals surface area contributed by atoms with Crippen LogP contribution in [-0.4, -0.2) is 28.1 Å². The van der Waals surface area contributed by atoms with Crippen LogP contribution in [0.15, 0.2) is 53.3 Å². The highest BCUT2D eigenvalue weighted by molar-refractivity contribution is 9.10. The monoisotopic (exact) mass is 374 g/mol. The van der Waals surface area contributed by atoms with Gasteiger partial charge in [0.05, 0.1) is 5.56 Å². The molecule has 0 spiro atoms. The molecule has 1 aromatic carbocycles. The molecule has 0 radical (unpaired) electrons. The maximum atomic E-state index is 12.4. The number of carbonyl (C=O) groups excluding carboxylic acids is 1. The molecule has 0 fully saturated rings. The SMILES string of the molecule is CN(C(=O)c1cccnc1)c1nnc(-c2ccc(Br)cc2)s1. The summed E-state index contributed by atoms with van der Waals surface area (Å²) in [5, 5.41) is 9.58. The Balaban J connectivity index is 1.84. The fraction of sp³-hybridized carbons (Fsp3) is 0.0667. The maximum absolute atomic E-state index is 12.4. The summed E-state index contributed by atoms with van der Waals surface area (Å²) < 4.78 is 1.00. The van der Waals surface area contributed by atoms with Crippen molar-refractivity contribution in [3.63, 3.8) is 0 Å². The van der Waals surface area contributed by atoms with E-state index in [0.717, 1.165) is 15.0 Å². The number of hydrogen-bond acceptors (Lipinski definition) is 5. The van der Waals surface area contributed by atoms with Crippen LogP contribution in [-0.2, 0) is 0 Å².